The molecule has 1 aliphatic rings. The van der Waals surface area contributed by atoms with Crippen LogP contribution in [0.1, 0.15) is 0 Å². The maximum atomic E-state index is 11.5. The molecule has 1 aromatic rings. The van der Waals surface area contributed by atoms with Crippen LogP contribution in [-0.2, 0) is 4.74 Å². The molecular weight excluding hydrogens is 210 g/mol. The first-order valence-electron chi connectivity index (χ1n) is 4.88. The number of ether oxygens (including phenoxy) is 1. The molecule has 1 aliphatic heterocycles. The summed E-state index contributed by atoms with van der Waals surface area (Å²) < 4.78 is 5.01. The van der Waals surface area contributed by atoms with Crippen LogP contribution in [0.15, 0.2) is 18.2 Å². The van der Waals surface area contributed by atoms with Crippen molar-refractivity contribution in [3.8, 4) is 5.75 Å². The fourth-order valence-electron chi connectivity index (χ4n) is 1.56. The molecule has 0 bridgehead atoms. The summed E-state index contributed by atoms with van der Waals surface area (Å²) in [6.07, 6.45) is -0.733. The molecule has 6 heteroatoms. The highest BCUT2D eigenvalue weighted by molar-refractivity contribution is 5.90. The highest BCUT2D eigenvalue weighted by Crippen LogP contribution is 2.28. The van der Waals surface area contributed by atoms with Crippen molar-refractivity contribution in [3.05, 3.63) is 18.2 Å². The number of hydrogen-bond acceptors (Lipinski definition) is 5. The summed E-state index contributed by atoms with van der Waals surface area (Å²) in [5.74, 6) is -0.00770. The zero-order valence-corrected chi connectivity index (χ0v) is 8.59. The highest BCUT2D eigenvalue weighted by atomic mass is 16.6. The summed E-state index contributed by atoms with van der Waals surface area (Å²) in [6, 6.07) is 4.56. The quantitative estimate of drug-likeness (QED) is 0.493. The number of nitrogens with two attached hydrogens (primary N) is 2. The fraction of sp³-hybridized carbons (Fsp3) is 0.300. The van der Waals surface area contributed by atoms with Crippen molar-refractivity contribution in [2.45, 2.75) is 6.10 Å². The molecule has 16 heavy (non-hydrogen) atoms. The predicted molar refractivity (Wildman–Crippen MR) is 59.2 cm³/mol. The van der Waals surface area contributed by atoms with Crippen molar-refractivity contribution in [2.75, 3.05) is 23.7 Å². The Morgan fingerprint density at radius 1 is 1.56 bits per heavy atom. The Hall–Kier alpha value is -1.95. The molecule has 0 aromatic heterocycles. The number of carbonyl (C=O) groups is 1. The van der Waals surface area contributed by atoms with Gasteiger partial charge in [-0.25, -0.2) is 4.79 Å². The molecule has 5 N–H and O–H groups in total. The van der Waals surface area contributed by atoms with E-state index in [-0.39, 0.29) is 24.1 Å². The monoisotopic (exact) mass is 223 g/mol. The zero-order chi connectivity index (χ0) is 11.7. The van der Waals surface area contributed by atoms with E-state index >= 15 is 0 Å². The maximum Gasteiger partial charge on any atom is 0.414 e. The molecule has 86 valence electrons. The Morgan fingerprint density at radius 2 is 2.31 bits per heavy atom. The lowest BCUT2D eigenvalue weighted by molar-refractivity contribution is 0.145. The third-order valence-electron chi connectivity index (χ3n) is 2.46. The Bertz CT molecular complexity index is 422. The van der Waals surface area contributed by atoms with Crippen LogP contribution >= 0.6 is 0 Å². The minimum absolute atomic E-state index is 0.00770. The average Bonchev–Trinajstić information content (AvgIpc) is 2.64. The molecule has 1 atom stereocenters. The highest BCUT2D eigenvalue weighted by Gasteiger charge is 2.31. The molecule has 0 unspecified atom stereocenters. The Balaban J connectivity index is 2.24. The number of carbonyl (C=O) groups excluding carboxylic acids is 1. The lowest BCUT2D eigenvalue weighted by Crippen LogP contribution is -2.27. The Morgan fingerprint density at radius 3 is 2.88 bits per heavy atom. The van der Waals surface area contributed by atoms with E-state index in [9.17, 15) is 9.90 Å². The van der Waals surface area contributed by atoms with Crippen molar-refractivity contribution in [3.63, 3.8) is 0 Å². The van der Waals surface area contributed by atoms with Gasteiger partial charge in [-0.05, 0) is 18.2 Å². The van der Waals surface area contributed by atoms with Crippen LogP contribution in [0.3, 0.4) is 0 Å². The van der Waals surface area contributed by atoms with Crippen LogP contribution in [-0.4, -0.2) is 30.4 Å². The third kappa shape index (κ3) is 1.74. The van der Waals surface area contributed by atoms with Gasteiger partial charge >= 0.3 is 6.09 Å². The molecule has 1 aromatic carbocycles. The summed E-state index contributed by atoms with van der Waals surface area (Å²) in [5, 5.41) is 9.27. The lowest BCUT2D eigenvalue weighted by Gasteiger charge is -2.13. The fourth-order valence-corrected chi connectivity index (χ4v) is 1.56. The van der Waals surface area contributed by atoms with Gasteiger partial charge in [-0.2, -0.15) is 0 Å². The van der Waals surface area contributed by atoms with Gasteiger partial charge in [-0.15, -0.1) is 0 Å². The summed E-state index contributed by atoms with van der Waals surface area (Å²) in [6.45, 7) is 0.690. The molecule has 1 amide bonds. The van der Waals surface area contributed by atoms with Gasteiger partial charge in [0.15, 0.2) is 0 Å². The summed E-state index contributed by atoms with van der Waals surface area (Å²) in [5.41, 5.74) is 11.8. The number of cyclic esters (lactones) is 1. The van der Waals surface area contributed by atoms with Gasteiger partial charge in [0.1, 0.15) is 11.9 Å². The number of anilines is 2. The number of amides is 1. The first kappa shape index (κ1) is 10.6. The first-order chi connectivity index (χ1) is 7.61. The molecule has 0 aliphatic carbocycles. The Kier molecular flexibility index (Phi) is 2.57. The predicted octanol–water partition coefficient (Wildman–Crippen LogP) is 0.258. The van der Waals surface area contributed by atoms with Gasteiger partial charge in [0.05, 0.1) is 12.2 Å². The van der Waals surface area contributed by atoms with Crippen LogP contribution in [0.25, 0.3) is 0 Å². The molecule has 1 fully saturated rings. The normalized spacial score (nSPS) is 19.9. The van der Waals surface area contributed by atoms with Gasteiger partial charge in [-0.3, -0.25) is 4.90 Å². The van der Waals surface area contributed by atoms with E-state index in [1.807, 2.05) is 0 Å². The van der Waals surface area contributed by atoms with E-state index in [4.69, 9.17) is 16.2 Å². The number of nitrogens with zero attached hydrogens (tertiary/aromatic N) is 1. The van der Waals surface area contributed by atoms with Gasteiger partial charge in [0, 0.05) is 12.2 Å². The molecular formula is C10H13N3O3. The summed E-state index contributed by atoms with van der Waals surface area (Å²) in [7, 11) is 0. The molecule has 0 saturated carbocycles. The number of nitrogen functional groups attached to an aromatic ring is 1. The largest absolute Gasteiger partial charge is 0.506 e. The van der Waals surface area contributed by atoms with Crippen molar-refractivity contribution in [2.24, 2.45) is 5.73 Å². The van der Waals surface area contributed by atoms with E-state index in [1.54, 1.807) is 6.07 Å². The van der Waals surface area contributed by atoms with Crippen molar-refractivity contribution < 1.29 is 14.6 Å². The van der Waals surface area contributed by atoms with E-state index in [0.29, 0.717) is 12.2 Å². The second-order valence-electron chi connectivity index (χ2n) is 3.60. The van der Waals surface area contributed by atoms with E-state index in [1.165, 1.54) is 17.0 Å². The molecule has 1 heterocycles. The SMILES string of the molecule is NC[C@H]1CN(c2ccc(O)c(N)c2)C(=O)O1. The van der Waals surface area contributed by atoms with Crippen LogP contribution in [0.5, 0.6) is 5.75 Å². The van der Waals surface area contributed by atoms with Gasteiger partial charge in [0.2, 0.25) is 0 Å². The van der Waals surface area contributed by atoms with Crippen molar-refractivity contribution in [1.82, 2.24) is 0 Å². The number of phenolic OH excluding ortho intramolecular Hbond substituents is 1. The number of hydrogen-bond donors (Lipinski definition) is 3. The average molecular weight is 223 g/mol. The van der Waals surface area contributed by atoms with Crippen LogP contribution < -0.4 is 16.4 Å². The molecule has 1 saturated heterocycles. The Labute approximate surface area is 92.4 Å². The van der Waals surface area contributed by atoms with Gasteiger partial charge < -0.3 is 21.3 Å². The van der Waals surface area contributed by atoms with E-state index in [2.05, 4.69) is 0 Å². The number of benzene rings is 1. The van der Waals surface area contributed by atoms with Crippen molar-refractivity contribution in [1.29, 1.82) is 0 Å². The molecule has 0 spiro atoms. The second-order valence-corrected chi connectivity index (χ2v) is 3.60. The third-order valence-corrected chi connectivity index (χ3v) is 2.46. The van der Waals surface area contributed by atoms with Crippen LogP contribution in [0.2, 0.25) is 0 Å². The standard InChI is InChI=1S/C10H13N3O3/c11-4-7-5-13(10(15)16-7)6-1-2-9(14)8(12)3-6/h1-3,7,14H,4-5,11-12H2/t7-/m0/s1. The lowest BCUT2D eigenvalue weighted by atomic mass is 10.2. The minimum atomic E-state index is -0.444. The number of phenols is 1. The topological polar surface area (TPSA) is 102 Å². The van der Waals surface area contributed by atoms with Crippen LogP contribution in [0, 0.1) is 0 Å². The summed E-state index contributed by atoms with van der Waals surface area (Å²) in [4.78, 5) is 12.9. The first-order valence-corrected chi connectivity index (χ1v) is 4.88. The number of rotatable bonds is 2. The van der Waals surface area contributed by atoms with E-state index < -0.39 is 6.09 Å². The minimum Gasteiger partial charge on any atom is -0.506 e. The smallest absolute Gasteiger partial charge is 0.414 e. The molecule has 6 nitrogen and oxygen atoms in total. The van der Waals surface area contributed by atoms with Gasteiger partial charge in [0.25, 0.3) is 0 Å². The molecule has 2 rings (SSSR count). The van der Waals surface area contributed by atoms with E-state index in [0.717, 1.165) is 0 Å². The summed E-state index contributed by atoms with van der Waals surface area (Å²) >= 11 is 0. The van der Waals surface area contributed by atoms with Crippen LogP contribution in [0.4, 0.5) is 16.2 Å². The second kappa shape index (κ2) is 3.90. The number of aromatic hydroxyl groups is 1. The molecule has 0 radical (unpaired) electrons. The van der Waals surface area contributed by atoms with Crippen molar-refractivity contribution >= 4 is 17.5 Å². The van der Waals surface area contributed by atoms with Gasteiger partial charge in [-0.1, -0.05) is 0 Å². The maximum absolute atomic E-state index is 11.5. The zero-order valence-electron chi connectivity index (χ0n) is 8.59.